The molecule has 1 fully saturated rings. The zero-order valence-corrected chi connectivity index (χ0v) is 13.5. The van der Waals surface area contributed by atoms with Gasteiger partial charge in [-0.25, -0.2) is 18.4 Å². The van der Waals surface area contributed by atoms with Gasteiger partial charge in [0.1, 0.15) is 0 Å². The summed E-state index contributed by atoms with van der Waals surface area (Å²) in [6.07, 6.45) is 0.145. The number of carboxylic acid groups (broad SMARTS) is 1. The number of hydrogen-bond donors (Lipinski definition) is 2. The van der Waals surface area contributed by atoms with Crippen molar-refractivity contribution in [1.29, 1.82) is 0 Å². The Labute approximate surface area is 138 Å². The van der Waals surface area contributed by atoms with Crippen molar-refractivity contribution >= 4 is 38.4 Å². The van der Waals surface area contributed by atoms with Crippen molar-refractivity contribution in [3.63, 3.8) is 0 Å². The summed E-state index contributed by atoms with van der Waals surface area (Å²) in [6.45, 7) is 0.300. The molecular formula is C16H16N2O5S. The molecule has 1 heterocycles. The van der Waals surface area contributed by atoms with Crippen LogP contribution in [-0.2, 0) is 14.8 Å². The fourth-order valence-corrected chi connectivity index (χ4v) is 3.89. The van der Waals surface area contributed by atoms with Gasteiger partial charge in [0.05, 0.1) is 11.3 Å². The molecule has 1 unspecified atom stereocenters. The van der Waals surface area contributed by atoms with Gasteiger partial charge in [0, 0.05) is 24.6 Å². The van der Waals surface area contributed by atoms with Crippen LogP contribution in [0.5, 0.6) is 0 Å². The van der Waals surface area contributed by atoms with Gasteiger partial charge in [0.2, 0.25) is 15.9 Å². The molecule has 1 saturated heterocycles. The van der Waals surface area contributed by atoms with Crippen molar-refractivity contribution in [3.05, 3.63) is 42.0 Å². The number of benzene rings is 2. The number of carbonyl (C=O) groups is 2. The topological polar surface area (TPSA) is 118 Å². The molecular weight excluding hydrogens is 332 g/mol. The van der Waals surface area contributed by atoms with E-state index in [9.17, 15) is 18.0 Å². The second-order valence-corrected chi connectivity index (χ2v) is 7.61. The maximum Gasteiger partial charge on any atom is 0.335 e. The second kappa shape index (κ2) is 5.88. The van der Waals surface area contributed by atoms with E-state index >= 15 is 0 Å². The summed E-state index contributed by atoms with van der Waals surface area (Å²) in [5.41, 5.74) is 0.855. The normalized spacial score (nSPS) is 18.3. The third kappa shape index (κ3) is 3.39. The number of fused-ring (bicyclic) bond motifs is 1. The van der Waals surface area contributed by atoms with Crippen LogP contribution in [0.25, 0.3) is 10.8 Å². The predicted octanol–water partition coefficient (Wildman–Crippen LogP) is 1.18. The van der Waals surface area contributed by atoms with Crippen LogP contribution in [0.1, 0.15) is 16.8 Å². The highest BCUT2D eigenvalue weighted by Crippen LogP contribution is 2.29. The molecule has 0 saturated carbocycles. The molecule has 0 spiro atoms. The smallest absolute Gasteiger partial charge is 0.335 e. The van der Waals surface area contributed by atoms with Gasteiger partial charge in [-0.3, -0.25) is 4.79 Å². The van der Waals surface area contributed by atoms with Gasteiger partial charge >= 0.3 is 5.97 Å². The standard InChI is InChI=1S/C16H16N2O5S/c17-24(22,23)9-10-5-15(19)18(8-10)14-4-3-11-6-13(16(20)21)2-1-12(11)7-14/h1-4,6-7,10H,5,8-9H2,(H,20,21)(H2,17,22,23). The van der Waals surface area contributed by atoms with E-state index in [2.05, 4.69) is 0 Å². The molecule has 3 N–H and O–H groups in total. The molecule has 24 heavy (non-hydrogen) atoms. The third-order valence-corrected chi connectivity index (χ3v) is 4.99. The fourth-order valence-electron chi connectivity index (χ4n) is 3.01. The van der Waals surface area contributed by atoms with Crippen LogP contribution in [0.4, 0.5) is 5.69 Å². The minimum atomic E-state index is -3.62. The van der Waals surface area contributed by atoms with Crippen molar-refractivity contribution < 1.29 is 23.1 Å². The highest BCUT2D eigenvalue weighted by atomic mass is 32.2. The zero-order valence-electron chi connectivity index (χ0n) is 12.7. The first-order chi connectivity index (χ1) is 11.2. The van der Waals surface area contributed by atoms with Gasteiger partial charge in [-0.05, 0) is 35.0 Å². The van der Waals surface area contributed by atoms with Gasteiger partial charge in [-0.15, -0.1) is 0 Å². The lowest BCUT2D eigenvalue weighted by atomic mass is 10.1. The number of nitrogens with zero attached hydrogens (tertiary/aromatic N) is 1. The summed E-state index contributed by atoms with van der Waals surface area (Å²) in [5, 5.41) is 15.6. The van der Waals surface area contributed by atoms with Crippen LogP contribution in [0, 0.1) is 5.92 Å². The average molecular weight is 348 g/mol. The van der Waals surface area contributed by atoms with Crippen LogP contribution >= 0.6 is 0 Å². The first kappa shape index (κ1) is 16.4. The van der Waals surface area contributed by atoms with E-state index in [1.165, 1.54) is 6.07 Å². The van der Waals surface area contributed by atoms with Crippen LogP contribution in [0.15, 0.2) is 36.4 Å². The summed E-state index contributed by atoms with van der Waals surface area (Å²) in [4.78, 5) is 24.7. The molecule has 0 aliphatic carbocycles. The quantitative estimate of drug-likeness (QED) is 0.860. The zero-order chi connectivity index (χ0) is 17.5. The predicted molar refractivity (Wildman–Crippen MR) is 89.3 cm³/mol. The number of carbonyl (C=O) groups excluding carboxylic acids is 1. The molecule has 1 atom stereocenters. The minimum Gasteiger partial charge on any atom is -0.478 e. The summed E-state index contributed by atoms with van der Waals surface area (Å²) >= 11 is 0. The average Bonchev–Trinajstić information content (AvgIpc) is 2.84. The molecule has 126 valence electrons. The SMILES string of the molecule is NS(=O)(=O)CC1CC(=O)N(c2ccc3cc(C(=O)O)ccc3c2)C1. The van der Waals surface area contributed by atoms with Crippen LogP contribution < -0.4 is 10.0 Å². The number of rotatable bonds is 4. The molecule has 2 aromatic rings. The van der Waals surface area contributed by atoms with E-state index in [0.717, 1.165) is 10.8 Å². The molecule has 0 aromatic heterocycles. The largest absolute Gasteiger partial charge is 0.478 e. The summed E-state index contributed by atoms with van der Waals surface area (Å²) < 4.78 is 22.4. The van der Waals surface area contributed by atoms with Crippen LogP contribution in [0.2, 0.25) is 0 Å². The van der Waals surface area contributed by atoms with E-state index < -0.39 is 16.0 Å². The maximum atomic E-state index is 12.2. The molecule has 8 heteroatoms. The number of amides is 1. The number of aromatic carboxylic acids is 1. The van der Waals surface area contributed by atoms with Gasteiger partial charge < -0.3 is 10.0 Å². The highest BCUT2D eigenvalue weighted by Gasteiger charge is 2.32. The maximum absolute atomic E-state index is 12.2. The molecule has 3 rings (SSSR count). The lowest BCUT2D eigenvalue weighted by molar-refractivity contribution is -0.117. The Morgan fingerprint density at radius 2 is 1.88 bits per heavy atom. The number of nitrogens with two attached hydrogens (primary N) is 1. The van der Waals surface area contributed by atoms with E-state index in [-0.39, 0.29) is 29.6 Å². The molecule has 0 radical (unpaired) electrons. The highest BCUT2D eigenvalue weighted by molar-refractivity contribution is 7.89. The Bertz CT molecular complexity index is 939. The number of anilines is 1. The second-order valence-electron chi connectivity index (χ2n) is 5.96. The Hall–Kier alpha value is -2.45. The Kier molecular flexibility index (Phi) is 4.02. The van der Waals surface area contributed by atoms with Gasteiger partial charge in [0.15, 0.2) is 0 Å². The minimum absolute atomic E-state index is 0.145. The monoisotopic (exact) mass is 348 g/mol. The van der Waals surface area contributed by atoms with E-state index in [4.69, 9.17) is 10.2 Å². The van der Waals surface area contributed by atoms with Gasteiger partial charge in [-0.1, -0.05) is 12.1 Å². The third-order valence-electron chi connectivity index (χ3n) is 4.06. The van der Waals surface area contributed by atoms with Crippen LogP contribution in [-0.4, -0.2) is 37.7 Å². The van der Waals surface area contributed by atoms with Gasteiger partial charge in [0.25, 0.3) is 0 Å². The lowest BCUT2D eigenvalue weighted by Crippen LogP contribution is -2.27. The van der Waals surface area contributed by atoms with Gasteiger partial charge in [-0.2, -0.15) is 0 Å². The fraction of sp³-hybridized carbons (Fsp3) is 0.250. The van der Waals surface area contributed by atoms with Crippen molar-refractivity contribution in [2.45, 2.75) is 6.42 Å². The number of carboxylic acids is 1. The van der Waals surface area contributed by atoms with Crippen molar-refractivity contribution in [1.82, 2.24) is 0 Å². The van der Waals surface area contributed by atoms with Crippen molar-refractivity contribution in [2.75, 3.05) is 17.2 Å². The first-order valence-corrected chi connectivity index (χ1v) is 9.02. The van der Waals surface area contributed by atoms with E-state index in [0.29, 0.717) is 12.2 Å². The molecule has 2 aromatic carbocycles. The Balaban J connectivity index is 1.88. The number of hydrogen-bond acceptors (Lipinski definition) is 4. The molecule has 1 aliphatic heterocycles. The Morgan fingerprint density at radius 1 is 1.21 bits per heavy atom. The summed E-state index contributed by atoms with van der Waals surface area (Å²) in [5.74, 6) is -1.69. The molecule has 7 nitrogen and oxygen atoms in total. The summed E-state index contributed by atoms with van der Waals surface area (Å²) in [7, 11) is -3.62. The molecule has 1 aliphatic rings. The molecule has 1 amide bonds. The van der Waals surface area contributed by atoms with Crippen molar-refractivity contribution in [2.24, 2.45) is 11.1 Å². The molecule has 0 bridgehead atoms. The van der Waals surface area contributed by atoms with Crippen LogP contribution in [0.3, 0.4) is 0 Å². The number of sulfonamides is 1. The van der Waals surface area contributed by atoms with E-state index in [1.807, 2.05) is 0 Å². The van der Waals surface area contributed by atoms with E-state index in [1.54, 1.807) is 35.2 Å². The Morgan fingerprint density at radius 3 is 2.54 bits per heavy atom. The van der Waals surface area contributed by atoms with Crippen molar-refractivity contribution in [3.8, 4) is 0 Å². The number of primary sulfonamides is 1. The first-order valence-electron chi connectivity index (χ1n) is 7.31. The summed E-state index contributed by atoms with van der Waals surface area (Å²) in [6, 6.07) is 10.0. The lowest BCUT2D eigenvalue weighted by Gasteiger charge is -2.17.